The number of nitrogens with zero attached hydrogens (tertiary/aromatic N) is 1. The smallest absolute Gasteiger partial charge is 0.408 e. The minimum atomic E-state index is -0.988. The maximum atomic E-state index is 11.5. The van der Waals surface area contributed by atoms with E-state index in [9.17, 15) is 14.7 Å². The van der Waals surface area contributed by atoms with Gasteiger partial charge in [0.1, 0.15) is 6.10 Å². The Bertz CT molecular complexity index is 641. The molecule has 0 fully saturated rings. The van der Waals surface area contributed by atoms with Crippen molar-refractivity contribution in [2.24, 2.45) is 0 Å². The van der Waals surface area contributed by atoms with Crippen LogP contribution < -0.4 is 5.76 Å². The van der Waals surface area contributed by atoms with Crippen LogP contribution >= 0.6 is 0 Å². The largest absolute Gasteiger partial charge is 0.417 e. The highest BCUT2D eigenvalue weighted by atomic mass is 16.4. The van der Waals surface area contributed by atoms with E-state index >= 15 is 0 Å². The zero-order valence-corrected chi connectivity index (χ0v) is 10.8. The van der Waals surface area contributed by atoms with E-state index in [1.807, 2.05) is 12.1 Å². The van der Waals surface area contributed by atoms with Crippen LogP contribution in [-0.4, -0.2) is 40.6 Å². The van der Waals surface area contributed by atoms with Gasteiger partial charge >= 0.3 is 5.76 Å². The third-order valence-electron chi connectivity index (χ3n) is 2.95. The Morgan fingerprint density at radius 3 is 2.95 bits per heavy atom. The summed E-state index contributed by atoms with van der Waals surface area (Å²) in [6.07, 6.45) is -0.351. The fourth-order valence-corrected chi connectivity index (χ4v) is 1.88. The number of carbonyl (C=O) groups is 1. The van der Waals surface area contributed by atoms with Crippen molar-refractivity contribution >= 4 is 17.0 Å². The number of aromatic amines is 1. The average Bonchev–Trinajstić information content (AvgIpc) is 2.74. The lowest BCUT2D eigenvalue weighted by atomic mass is 10.1. The molecule has 1 heterocycles. The maximum absolute atomic E-state index is 11.5. The van der Waals surface area contributed by atoms with Crippen LogP contribution in [0.5, 0.6) is 0 Å². The van der Waals surface area contributed by atoms with Crippen molar-refractivity contribution in [3.05, 3.63) is 34.3 Å². The fourth-order valence-electron chi connectivity index (χ4n) is 1.88. The molecule has 2 aromatic rings. The molecule has 0 spiro atoms. The molecule has 1 aromatic carbocycles. The van der Waals surface area contributed by atoms with Gasteiger partial charge in [0.15, 0.2) is 5.58 Å². The van der Waals surface area contributed by atoms with Gasteiger partial charge in [0.25, 0.3) is 5.91 Å². The van der Waals surface area contributed by atoms with E-state index in [1.54, 1.807) is 13.1 Å². The molecule has 0 bridgehead atoms. The second-order valence-corrected chi connectivity index (χ2v) is 4.53. The molecular formula is C13H16N2O4. The summed E-state index contributed by atoms with van der Waals surface area (Å²) < 4.78 is 4.91. The van der Waals surface area contributed by atoms with Gasteiger partial charge in [0, 0.05) is 13.6 Å². The summed E-state index contributed by atoms with van der Waals surface area (Å²) in [6.45, 7) is 1.94. The van der Waals surface area contributed by atoms with E-state index in [1.165, 1.54) is 11.8 Å². The van der Waals surface area contributed by atoms with Crippen molar-refractivity contribution < 1.29 is 14.3 Å². The van der Waals surface area contributed by atoms with Gasteiger partial charge < -0.3 is 14.4 Å². The number of H-pyrrole nitrogens is 1. The average molecular weight is 264 g/mol. The van der Waals surface area contributed by atoms with Gasteiger partial charge in [-0.15, -0.1) is 0 Å². The van der Waals surface area contributed by atoms with Crippen molar-refractivity contribution in [2.75, 3.05) is 13.6 Å². The molecule has 6 heteroatoms. The molecule has 1 unspecified atom stereocenters. The number of oxazole rings is 1. The summed E-state index contributed by atoms with van der Waals surface area (Å²) >= 11 is 0. The molecule has 0 aliphatic heterocycles. The molecule has 0 saturated heterocycles. The van der Waals surface area contributed by atoms with E-state index in [4.69, 9.17) is 4.42 Å². The first-order valence-electron chi connectivity index (χ1n) is 6.02. The maximum Gasteiger partial charge on any atom is 0.417 e. The molecule has 19 heavy (non-hydrogen) atoms. The van der Waals surface area contributed by atoms with Crippen LogP contribution in [0.25, 0.3) is 11.1 Å². The van der Waals surface area contributed by atoms with Gasteiger partial charge in [0.05, 0.1) is 5.52 Å². The highest BCUT2D eigenvalue weighted by Crippen LogP contribution is 2.13. The first kappa shape index (κ1) is 13.4. The third kappa shape index (κ3) is 3.03. The zero-order chi connectivity index (χ0) is 14.0. The van der Waals surface area contributed by atoms with E-state index in [0.29, 0.717) is 24.1 Å². The summed E-state index contributed by atoms with van der Waals surface area (Å²) in [5.74, 6) is -0.786. The monoisotopic (exact) mass is 264 g/mol. The van der Waals surface area contributed by atoms with Crippen LogP contribution in [0.1, 0.15) is 12.5 Å². The lowest BCUT2D eigenvalue weighted by Crippen LogP contribution is -2.35. The number of aliphatic hydroxyl groups excluding tert-OH is 1. The minimum Gasteiger partial charge on any atom is -0.408 e. The molecule has 0 aliphatic carbocycles. The lowest BCUT2D eigenvalue weighted by molar-refractivity contribution is -0.137. The Balaban J connectivity index is 2.05. The van der Waals surface area contributed by atoms with Crippen molar-refractivity contribution in [3.63, 3.8) is 0 Å². The van der Waals surface area contributed by atoms with E-state index in [2.05, 4.69) is 4.98 Å². The van der Waals surface area contributed by atoms with Crippen molar-refractivity contribution in [3.8, 4) is 0 Å². The fraction of sp³-hybridized carbons (Fsp3) is 0.385. The van der Waals surface area contributed by atoms with Crippen LogP contribution in [0.2, 0.25) is 0 Å². The van der Waals surface area contributed by atoms with Crippen molar-refractivity contribution in [2.45, 2.75) is 19.4 Å². The first-order valence-corrected chi connectivity index (χ1v) is 6.02. The Kier molecular flexibility index (Phi) is 3.71. The molecule has 1 aromatic heterocycles. The molecule has 0 radical (unpaired) electrons. The number of benzene rings is 1. The van der Waals surface area contributed by atoms with Crippen molar-refractivity contribution in [1.82, 2.24) is 9.88 Å². The standard InChI is InChI=1S/C13H16N2O4/c1-8(16)12(17)15(2)6-5-9-3-4-11-10(7-9)14-13(18)19-11/h3-4,7-8,16H,5-6H2,1-2H3,(H,14,18). The van der Waals surface area contributed by atoms with Gasteiger partial charge in [-0.2, -0.15) is 0 Å². The van der Waals surface area contributed by atoms with E-state index in [0.717, 1.165) is 5.56 Å². The zero-order valence-electron chi connectivity index (χ0n) is 10.8. The number of aromatic nitrogens is 1. The summed E-state index contributed by atoms with van der Waals surface area (Å²) in [7, 11) is 1.65. The Labute approximate surface area is 109 Å². The molecule has 102 valence electrons. The number of amides is 1. The second kappa shape index (κ2) is 5.27. The number of carbonyl (C=O) groups excluding carboxylic acids is 1. The lowest BCUT2D eigenvalue weighted by Gasteiger charge is -2.18. The van der Waals surface area contributed by atoms with Gasteiger partial charge in [-0.3, -0.25) is 9.78 Å². The van der Waals surface area contributed by atoms with Gasteiger partial charge in [0.2, 0.25) is 0 Å². The topological polar surface area (TPSA) is 86.5 Å². The van der Waals surface area contributed by atoms with Gasteiger partial charge in [-0.25, -0.2) is 4.79 Å². The van der Waals surface area contributed by atoms with Crippen LogP contribution in [0.4, 0.5) is 0 Å². The molecule has 2 rings (SSSR count). The number of rotatable bonds is 4. The number of fused-ring (bicyclic) bond motifs is 1. The normalized spacial score (nSPS) is 12.6. The predicted molar refractivity (Wildman–Crippen MR) is 69.9 cm³/mol. The SMILES string of the molecule is CC(O)C(=O)N(C)CCc1ccc2oc(=O)[nH]c2c1. The highest BCUT2D eigenvalue weighted by molar-refractivity contribution is 5.80. The Morgan fingerprint density at radius 2 is 2.26 bits per heavy atom. The van der Waals surface area contributed by atoms with Crippen LogP contribution in [0, 0.1) is 0 Å². The van der Waals surface area contributed by atoms with Gasteiger partial charge in [-0.1, -0.05) is 6.07 Å². The van der Waals surface area contributed by atoms with E-state index in [-0.39, 0.29) is 5.91 Å². The predicted octanol–water partition coefficient (Wildman–Crippen LogP) is 0.503. The number of likely N-dealkylation sites (N-methyl/N-ethyl adjacent to an activating group) is 1. The second-order valence-electron chi connectivity index (χ2n) is 4.53. The third-order valence-corrected chi connectivity index (χ3v) is 2.95. The quantitative estimate of drug-likeness (QED) is 0.842. The van der Waals surface area contributed by atoms with Crippen LogP contribution in [-0.2, 0) is 11.2 Å². The number of hydrogen-bond donors (Lipinski definition) is 2. The number of nitrogens with one attached hydrogen (secondary N) is 1. The van der Waals surface area contributed by atoms with Crippen LogP contribution in [0.3, 0.4) is 0 Å². The highest BCUT2D eigenvalue weighted by Gasteiger charge is 2.14. The molecule has 0 saturated carbocycles. The van der Waals surface area contributed by atoms with Crippen molar-refractivity contribution in [1.29, 1.82) is 0 Å². The molecular weight excluding hydrogens is 248 g/mol. The Morgan fingerprint density at radius 1 is 1.53 bits per heavy atom. The molecule has 2 N–H and O–H groups in total. The first-order chi connectivity index (χ1) is 8.97. The minimum absolute atomic E-state index is 0.308. The van der Waals surface area contributed by atoms with Gasteiger partial charge in [-0.05, 0) is 31.0 Å². The summed E-state index contributed by atoms with van der Waals surface area (Å²) in [5, 5.41) is 9.19. The Hall–Kier alpha value is -2.08. The summed E-state index contributed by atoms with van der Waals surface area (Å²) in [5.41, 5.74) is 2.14. The molecule has 1 amide bonds. The molecule has 6 nitrogen and oxygen atoms in total. The summed E-state index contributed by atoms with van der Waals surface area (Å²) in [6, 6.07) is 5.39. The van der Waals surface area contributed by atoms with E-state index < -0.39 is 11.9 Å². The summed E-state index contributed by atoms with van der Waals surface area (Å²) in [4.78, 5) is 26.6. The molecule has 1 atom stereocenters. The van der Waals surface area contributed by atoms with Crippen LogP contribution in [0.15, 0.2) is 27.4 Å². The number of aliphatic hydroxyl groups is 1. The number of hydrogen-bond acceptors (Lipinski definition) is 4. The molecule has 0 aliphatic rings.